The van der Waals surface area contributed by atoms with Crippen molar-refractivity contribution in [3.8, 4) is 0 Å². The molecule has 0 saturated heterocycles. The molecule has 1 heterocycles. The second-order valence-corrected chi connectivity index (χ2v) is 5.50. The number of para-hydroxylation sites is 1. The van der Waals surface area contributed by atoms with Crippen LogP contribution in [0.25, 0.3) is 22.4 Å². The molecule has 0 aliphatic rings. The molecule has 0 aliphatic heterocycles. The van der Waals surface area contributed by atoms with Gasteiger partial charge in [-0.2, -0.15) is 13.2 Å². The van der Waals surface area contributed by atoms with Crippen LogP contribution >= 0.6 is 11.3 Å². The van der Waals surface area contributed by atoms with E-state index in [1.807, 2.05) is 24.3 Å². The number of benzene rings is 2. The first-order valence-corrected chi connectivity index (χ1v) is 7.05. The highest BCUT2D eigenvalue weighted by molar-refractivity contribution is 7.19. The fourth-order valence-corrected chi connectivity index (χ4v) is 2.89. The van der Waals surface area contributed by atoms with E-state index in [2.05, 4.69) is 4.98 Å². The third-order valence-corrected chi connectivity index (χ3v) is 3.98. The second-order valence-electron chi connectivity index (χ2n) is 4.44. The van der Waals surface area contributed by atoms with Crippen LogP contribution in [0.5, 0.6) is 0 Å². The van der Waals surface area contributed by atoms with Crippen LogP contribution in [0.3, 0.4) is 0 Å². The van der Waals surface area contributed by atoms with Crippen LogP contribution in [0.1, 0.15) is 16.1 Å². The summed E-state index contributed by atoms with van der Waals surface area (Å²) < 4.78 is 39.7. The number of thiazole rings is 1. The molecular weight excluding hydrogens is 295 g/mol. The van der Waals surface area contributed by atoms with Crippen molar-refractivity contribution in [1.82, 2.24) is 4.98 Å². The van der Waals surface area contributed by atoms with E-state index in [4.69, 9.17) is 0 Å². The van der Waals surface area contributed by atoms with Crippen LogP contribution in [0.15, 0.2) is 48.5 Å². The summed E-state index contributed by atoms with van der Waals surface area (Å²) in [6, 6.07) is 13.1. The summed E-state index contributed by atoms with van der Waals surface area (Å²) >= 11 is 1.45. The van der Waals surface area contributed by atoms with E-state index in [0.29, 0.717) is 5.01 Å². The number of nitrogens with zero attached hydrogens (tertiary/aromatic N) is 1. The average Bonchev–Trinajstić information content (AvgIpc) is 2.87. The monoisotopic (exact) mass is 305 g/mol. The molecule has 1 aromatic heterocycles. The van der Waals surface area contributed by atoms with E-state index in [1.165, 1.54) is 29.5 Å². The predicted octanol–water partition coefficient (Wildman–Crippen LogP) is 5.49. The lowest BCUT2D eigenvalue weighted by molar-refractivity contribution is -0.137. The maximum Gasteiger partial charge on any atom is 0.416 e. The Bertz CT molecular complexity index is 769. The minimum absolute atomic E-state index is 0.143. The summed E-state index contributed by atoms with van der Waals surface area (Å²) in [5.41, 5.74) is 0.359. The lowest BCUT2D eigenvalue weighted by atomic mass is 10.1. The number of hydrogen-bond donors (Lipinski definition) is 0. The molecule has 2 aromatic carbocycles. The molecule has 0 amide bonds. The average molecular weight is 305 g/mol. The zero-order valence-corrected chi connectivity index (χ0v) is 11.6. The Morgan fingerprint density at radius 3 is 2.38 bits per heavy atom. The van der Waals surface area contributed by atoms with Crippen molar-refractivity contribution < 1.29 is 13.2 Å². The first-order valence-electron chi connectivity index (χ1n) is 6.24. The number of rotatable bonds is 2. The molecule has 106 valence electrons. The molecule has 21 heavy (non-hydrogen) atoms. The number of aromatic nitrogens is 1. The summed E-state index contributed by atoms with van der Waals surface area (Å²) in [5.74, 6) is 0. The summed E-state index contributed by atoms with van der Waals surface area (Å²) in [6.45, 7) is 0. The summed E-state index contributed by atoms with van der Waals surface area (Å²) in [6.07, 6.45) is -1.27. The van der Waals surface area contributed by atoms with Gasteiger partial charge < -0.3 is 0 Å². The van der Waals surface area contributed by atoms with Gasteiger partial charge >= 0.3 is 6.18 Å². The normalized spacial score (nSPS) is 12.3. The topological polar surface area (TPSA) is 12.9 Å². The Balaban J connectivity index is 1.96. The maximum atomic E-state index is 12.9. The summed E-state index contributed by atoms with van der Waals surface area (Å²) in [5, 5.41) is 0.688. The van der Waals surface area contributed by atoms with Crippen molar-refractivity contribution in [1.29, 1.82) is 0 Å². The molecule has 3 aromatic rings. The SMILES string of the molecule is FC(F)(F)c1ccccc1/C=C\c1nc2ccccc2s1. The largest absolute Gasteiger partial charge is 0.416 e. The predicted molar refractivity (Wildman–Crippen MR) is 80.0 cm³/mol. The molecule has 5 heteroatoms. The molecule has 0 spiro atoms. The highest BCUT2D eigenvalue weighted by Gasteiger charge is 2.32. The van der Waals surface area contributed by atoms with Crippen molar-refractivity contribution in [3.63, 3.8) is 0 Å². The second kappa shape index (κ2) is 5.33. The van der Waals surface area contributed by atoms with Crippen LogP contribution in [-0.4, -0.2) is 4.98 Å². The highest BCUT2D eigenvalue weighted by atomic mass is 32.1. The molecule has 1 nitrogen and oxygen atoms in total. The Kier molecular flexibility index (Phi) is 3.51. The minimum Gasteiger partial charge on any atom is -0.237 e. The van der Waals surface area contributed by atoms with Crippen molar-refractivity contribution in [2.75, 3.05) is 0 Å². The van der Waals surface area contributed by atoms with Gasteiger partial charge in [-0.3, -0.25) is 0 Å². The smallest absolute Gasteiger partial charge is 0.237 e. The standard InChI is InChI=1S/C16H10F3NS/c17-16(18,19)12-6-2-1-5-11(12)9-10-15-20-13-7-3-4-8-14(13)21-15/h1-10H/b10-9-. The lowest BCUT2D eigenvalue weighted by Crippen LogP contribution is -2.06. The Hall–Kier alpha value is -2.14. The molecule has 0 atom stereocenters. The van der Waals surface area contributed by atoms with Crippen LogP contribution in [-0.2, 0) is 6.18 Å². The van der Waals surface area contributed by atoms with Crippen LogP contribution in [0, 0.1) is 0 Å². The van der Waals surface area contributed by atoms with Gasteiger partial charge in [-0.15, -0.1) is 11.3 Å². The summed E-state index contributed by atoms with van der Waals surface area (Å²) in [4.78, 5) is 4.37. The number of fused-ring (bicyclic) bond motifs is 1. The number of alkyl halides is 3. The van der Waals surface area contributed by atoms with Crippen LogP contribution in [0.2, 0.25) is 0 Å². The zero-order valence-electron chi connectivity index (χ0n) is 10.8. The third-order valence-electron chi connectivity index (χ3n) is 2.98. The van der Waals surface area contributed by atoms with E-state index in [1.54, 1.807) is 12.1 Å². The van der Waals surface area contributed by atoms with Crippen molar-refractivity contribution >= 4 is 33.7 Å². The molecule has 0 N–H and O–H groups in total. The molecule has 3 rings (SSSR count). The van der Waals surface area contributed by atoms with Gasteiger partial charge in [0.05, 0.1) is 15.8 Å². The highest BCUT2D eigenvalue weighted by Crippen LogP contribution is 2.33. The van der Waals surface area contributed by atoms with Gasteiger partial charge in [0.1, 0.15) is 5.01 Å². The van der Waals surface area contributed by atoms with Gasteiger partial charge in [0.25, 0.3) is 0 Å². The van der Waals surface area contributed by atoms with Gasteiger partial charge in [0, 0.05) is 0 Å². The van der Waals surface area contributed by atoms with Crippen molar-refractivity contribution in [2.24, 2.45) is 0 Å². The first kappa shape index (κ1) is 13.8. The van der Waals surface area contributed by atoms with Crippen molar-refractivity contribution in [2.45, 2.75) is 6.18 Å². The number of hydrogen-bond acceptors (Lipinski definition) is 2. The van der Waals surface area contributed by atoms with E-state index < -0.39 is 11.7 Å². The van der Waals surface area contributed by atoms with Gasteiger partial charge in [-0.1, -0.05) is 36.4 Å². The first-order chi connectivity index (χ1) is 10.0. The van der Waals surface area contributed by atoms with E-state index in [-0.39, 0.29) is 5.56 Å². The molecule has 0 saturated carbocycles. The molecule has 0 aliphatic carbocycles. The lowest BCUT2D eigenvalue weighted by Gasteiger charge is -2.09. The van der Waals surface area contributed by atoms with E-state index in [9.17, 15) is 13.2 Å². The molecule has 0 fully saturated rings. The molecular formula is C16H10F3NS. The van der Waals surface area contributed by atoms with Crippen LogP contribution < -0.4 is 0 Å². The third kappa shape index (κ3) is 2.97. The quantitative estimate of drug-likeness (QED) is 0.610. The minimum atomic E-state index is -4.35. The Morgan fingerprint density at radius 1 is 0.905 bits per heavy atom. The fourth-order valence-electron chi connectivity index (χ4n) is 2.02. The Morgan fingerprint density at radius 2 is 1.62 bits per heavy atom. The van der Waals surface area contributed by atoms with Gasteiger partial charge in [0.15, 0.2) is 0 Å². The molecule has 0 unspecified atom stereocenters. The summed E-state index contributed by atoms with van der Waals surface area (Å²) in [7, 11) is 0. The van der Waals surface area contributed by atoms with Gasteiger partial charge in [0.2, 0.25) is 0 Å². The van der Waals surface area contributed by atoms with Crippen LogP contribution in [0.4, 0.5) is 13.2 Å². The number of halogens is 3. The van der Waals surface area contributed by atoms with E-state index >= 15 is 0 Å². The fraction of sp³-hybridized carbons (Fsp3) is 0.0625. The van der Waals surface area contributed by atoms with Gasteiger partial charge in [-0.05, 0) is 29.8 Å². The molecule has 0 radical (unpaired) electrons. The zero-order chi connectivity index (χ0) is 14.9. The molecule has 0 bridgehead atoms. The van der Waals surface area contributed by atoms with Gasteiger partial charge in [-0.25, -0.2) is 4.98 Å². The van der Waals surface area contributed by atoms with Crippen molar-refractivity contribution in [3.05, 3.63) is 64.7 Å². The maximum absolute atomic E-state index is 12.9. The van der Waals surface area contributed by atoms with E-state index in [0.717, 1.165) is 16.3 Å². The Labute approximate surface area is 123 Å².